The molecule has 0 saturated heterocycles. The van der Waals surface area contributed by atoms with Crippen LogP contribution in [-0.2, 0) is 19.6 Å². The smallest absolute Gasteiger partial charge is 0.407 e. The Bertz CT molecular complexity index is 787. The first-order valence-electron chi connectivity index (χ1n) is 7.40. The summed E-state index contributed by atoms with van der Waals surface area (Å²) in [5.74, 6) is -1.04. The first kappa shape index (κ1) is 21.8. The highest BCUT2D eigenvalue weighted by atomic mass is 32.2. The fraction of sp³-hybridized carbons (Fsp3) is 0.467. The Morgan fingerprint density at radius 2 is 2.04 bits per heavy atom. The van der Waals surface area contributed by atoms with Crippen LogP contribution < -0.4 is 5.32 Å². The van der Waals surface area contributed by atoms with Crippen molar-refractivity contribution >= 4 is 16.1 Å². The highest BCUT2D eigenvalue weighted by molar-refractivity contribution is 7.89. The molecule has 0 saturated carbocycles. The number of nitrogens with one attached hydrogen (secondary N) is 1. The predicted octanol–water partition coefficient (Wildman–Crippen LogP) is 2.07. The topological polar surface area (TPSA) is 109 Å². The number of alkyl carbamates (subject to hydrolysis) is 1. The van der Waals surface area contributed by atoms with E-state index in [1.54, 1.807) is 20.8 Å². The number of sulfonamides is 1. The lowest BCUT2D eigenvalue weighted by Gasteiger charge is -2.22. The molecule has 0 fully saturated rings. The molecule has 1 N–H and O–H groups in total. The second kappa shape index (κ2) is 8.88. The van der Waals surface area contributed by atoms with Crippen LogP contribution in [0, 0.1) is 17.1 Å². The zero-order chi connectivity index (χ0) is 20.0. The molecule has 11 heteroatoms. The SMILES string of the molecule is CC(C)(C)OC(=O)NCCN(OCF)S(=O)(=O)c1cccc(F)c1C#N. The van der Waals surface area contributed by atoms with Gasteiger partial charge >= 0.3 is 6.09 Å². The van der Waals surface area contributed by atoms with Crippen molar-refractivity contribution in [3.63, 3.8) is 0 Å². The number of nitrogens with zero attached hydrogens (tertiary/aromatic N) is 2. The summed E-state index contributed by atoms with van der Waals surface area (Å²) in [5, 5.41) is 11.3. The molecule has 0 bridgehead atoms. The minimum Gasteiger partial charge on any atom is -0.444 e. The number of amides is 1. The maximum Gasteiger partial charge on any atom is 0.407 e. The van der Waals surface area contributed by atoms with Crippen LogP contribution in [0.2, 0.25) is 0 Å². The highest BCUT2D eigenvalue weighted by Crippen LogP contribution is 2.22. The number of carbonyl (C=O) groups excluding carboxylic acids is 1. The minimum atomic E-state index is -4.55. The number of hydrogen-bond donors (Lipinski definition) is 1. The summed E-state index contributed by atoms with van der Waals surface area (Å²) < 4.78 is 56.5. The molecular weight excluding hydrogens is 372 g/mol. The van der Waals surface area contributed by atoms with Crippen LogP contribution >= 0.6 is 0 Å². The zero-order valence-electron chi connectivity index (χ0n) is 14.5. The molecule has 0 aromatic heterocycles. The van der Waals surface area contributed by atoms with E-state index in [1.165, 1.54) is 6.07 Å². The van der Waals surface area contributed by atoms with E-state index in [9.17, 15) is 22.0 Å². The molecule has 1 aromatic rings. The second-order valence-electron chi connectivity index (χ2n) is 5.92. The maximum absolute atomic E-state index is 13.7. The second-order valence-corrected chi connectivity index (χ2v) is 7.72. The third-order valence-corrected chi connectivity index (χ3v) is 4.51. The fourth-order valence-electron chi connectivity index (χ4n) is 1.81. The maximum atomic E-state index is 13.7. The predicted molar refractivity (Wildman–Crippen MR) is 86.3 cm³/mol. The first-order valence-corrected chi connectivity index (χ1v) is 8.84. The van der Waals surface area contributed by atoms with Crippen molar-refractivity contribution in [3.8, 4) is 6.07 Å². The lowest BCUT2D eigenvalue weighted by molar-refractivity contribution is -0.121. The third kappa shape index (κ3) is 5.91. The van der Waals surface area contributed by atoms with E-state index in [0.29, 0.717) is 0 Å². The van der Waals surface area contributed by atoms with Gasteiger partial charge in [-0.1, -0.05) is 10.5 Å². The van der Waals surface area contributed by atoms with E-state index in [0.717, 1.165) is 18.2 Å². The molecule has 0 heterocycles. The Morgan fingerprint density at radius 1 is 1.38 bits per heavy atom. The van der Waals surface area contributed by atoms with Gasteiger partial charge in [-0.25, -0.2) is 22.0 Å². The number of ether oxygens (including phenoxy) is 1. The van der Waals surface area contributed by atoms with Crippen LogP contribution in [0.25, 0.3) is 0 Å². The quantitative estimate of drug-likeness (QED) is 0.713. The summed E-state index contributed by atoms with van der Waals surface area (Å²) >= 11 is 0. The minimum absolute atomic E-state index is 0.236. The Balaban J connectivity index is 2.94. The van der Waals surface area contributed by atoms with Crippen LogP contribution in [0.1, 0.15) is 26.3 Å². The molecule has 0 aliphatic carbocycles. The van der Waals surface area contributed by atoms with E-state index in [4.69, 9.17) is 10.00 Å². The van der Waals surface area contributed by atoms with Crippen molar-refractivity contribution in [2.24, 2.45) is 0 Å². The van der Waals surface area contributed by atoms with Gasteiger partial charge in [-0.3, -0.25) is 4.84 Å². The van der Waals surface area contributed by atoms with Gasteiger partial charge in [0.2, 0.25) is 6.86 Å². The number of hydroxylamine groups is 1. The standard InChI is InChI=1S/C15H19F2N3O5S/c1-15(2,3)25-14(21)19-7-8-20(24-10-16)26(22,23)13-6-4-5-12(17)11(13)9-18/h4-6H,7-8,10H2,1-3H3,(H,19,21). The third-order valence-electron chi connectivity index (χ3n) is 2.79. The molecule has 8 nitrogen and oxygen atoms in total. The fourth-order valence-corrected chi connectivity index (χ4v) is 3.19. The Morgan fingerprint density at radius 3 is 2.58 bits per heavy atom. The van der Waals surface area contributed by atoms with E-state index in [-0.39, 0.29) is 11.0 Å². The van der Waals surface area contributed by atoms with Crippen molar-refractivity contribution in [2.45, 2.75) is 31.3 Å². The van der Waals surface area contributed by atoms with Crippen molar-refractivity contribution in [3.05, 3.63) is 29.6 Å². The molecule has 0 radical (unpaired) electrons. The summed E-state index contributed by atoms with van der Waals surface area (Å²) in [6.07, 6.45) is -0.807. The number of alkyl halides is 1. The summed E-state index contributed by atoms with van der Waals surface area (Å²) in [4.78, 5) is 15.3. The van der Waals surface area contributed by atoms with Crippen LogP contribution in [0.5, 0.6) is 0 Å². The lowest BCUT2D eigenvalue weighted by Crippen LogP contribution is -2.40. The summed E-state index contributed by atoms with van der Waals surface area (Å²) in [6, 6.07) is 4.45. The van der Waals surface area contributed by atoms with Crippen molar-refractivity contribution in [1.29, 1.82) is 5.26 Å². The zero-order valence-corrected chi connectivity index (χ0v) is 15.3. The number of nitriles is 1. The molecule has 1 amide bonds. The molecule has 0 aliphatic rings. The molecule has 1 rings (SSSR count). The van der Waals surface area contributed by atoms with Gasteiger partial charge in [0.15, 0.2) is 0 Å². The van der Waals surface area contributed by atoms with Gasteiger partial charge in [-0.2, -0.15) is 5.26 Å². The highest BCUT2D eigenvalue weighted by Gasteiger charge is 2.30. The number of rotatable bonds is 7. The average Bonchev–Trinajstić information content (AvgIpc) is 2.52. The van der Waals surface area contributed by atoms with Gasteiger partial charge in [-0.05, 0) is 32.9 Å². The molecule has 0 spiro atoms. The van der Waals surface area contributed by atoms with Crippen molar-refractivity contribution < 1.29 is 31.6 Å². The van der Waals surface area contributed by atoms with E-state index in [1.807, 2.05) is 0 Å². The van der Waals surface area contributed by atoms with Gasteiger partial charge in [0.1, 0.15) is 27.9 Å². The number of carbonyl (C=O) groups is 1. The van der Waals surface area contributed by atoms with Gasteiger partial charge in [-0.15, -0.1) is 0 Å². The molecule has 0 unspecified atom stereocenters. The average molecular weight is 391 g/mol. The van der Waals surface area contributed by atoms with Crippen LogP contribution in [-0.4, -0.2) is 44.5 Å². The largest absolute Gasteiger partial charge is 0.444 e. The van der Waals surface area contributed by atoms with Crippen LogP contribution in [0.3, 0.4) is 0 Å². The van der Waals surface area contributed by atoms with Gasteiger partial charge in [0.25, 0.3) is 10.0 Å². The van der Waals surface area contributed by atoms with E-state index in [2.05, 4.69) is 10.2 Å². The molecular formula is C15H19F2N3O5S. The monoisotopic (exact) mass is 391 g/mol. The van der Waals surface area contributed by atoms with Crippen molar-refractivity contribution in [2.75, 3.05) is 20.0 Å². The molecule has 0 atom stereocenters. The van der Waals surface area contributed by atoms with Crippen molar-refractivity contribution in [1.82, 2.24) is 9.79 Å². The van der Waals surface area contributed by atoms with Crippen LogP contribution in [0.15, 0.2) is 23.1 Å². The Hall–Kier alpha value is -2.29. The molecule has 1 aromatic carbocycles. The Kier molecular flexibility index (Phi) is 7.43. The lowest BCUT2D eigenvalue weighted by atomic mass is 10.2. The van der Waals surface area contributed by atoms with E-state index < -0.39 is 51.4 Å². The van der Waals surface area contributed by atoms with E-state index >= 15 is 0 Å². The normalized spacial score (nSPS) is 11.9. The number of halogens is 2. The number of benzene rings is 1. The summed E-state index contributed by atoms with van der Waals surface area (Å²) in [5.41, 5.74) is -1.48. The molecule has 26 heavy (non-hydrogen) atoms. The molecule has 144 valence electrons. The summed E-state index contributed by atoms with van der Waals surface area (Å²) in [7, 11) is -4.55. The van der Waals surface area contributed by atoms with Gasteiger partial charge in [0.05, 0.1) is 6.54 Å². The molecule has 0 aliphatic heterocycles. The first-order chi connectivity index (χ1) is 12.0. The number of hydrogen-bond acceptors (Lipinski definition) is 6. The van der Waals surface area contributed by atoms with Gasteiger partial charge in [0, 0.05) is 6.54 Å². The van der Waals surface area contributed by atoms with Gasteiger partial charge < -0.3 is 10.1 Å². The Labute approximate surface area is 150 Å². The summed E-state index contributed by atoms with van der Waals surface area (Å²) in [6.45, 7) is 2.68. The van der Waals surface area contributed by atoms with Crippen LogP contribution in [0.4, 0.5) is 13.6 Å².